The maximum absolute atomic E-state index is 4.39. The molecule has 0 aliphatic carbocycles. The zero-order valence-corrected chi connectivity index (χ0v) is 11.9. The Morgan fingerprint density at radius 2 is 1.95 bits per heavy atom. The molecular formula is C17H21N3. The third-order valence-electron chi connectivity index (χ3n) is 3.86. The average Bonchev–Trinajstić information content (AvgIpc) is 2.48. The van der Waals surface area contributed by atoms with Crippen LogP contribution in [0, 0.1) is 0 Å². The number of hydrogen-bond acceptors (Lipinski definition) is 3. The molecule has 2 heterocycles. The van der Waals surface area contributed by atoms with Crippen molar-refractivity contribution in [3.8, 4) is 0 Å². The van der Waals surface area contributed by atoms with Crippen molar-refractivity contribution in [1.82, 2.24) is 15.2 Å². The third kappa shape index (κ3) is 3.24. The summed E-state index contributed by atoms with van der Waals surface area (Å²) >= 11 is 0. The molecule has 3 heteroatoms. The summed E-state index contributed by atoms with van der Waals surface area (Å²) in [5, 5.41) is 3.63. The summed E-state index contributed by atoms with van der Waals surface area (Å²) in [6.07, 6.45) is 2.97. The lowest BCUT2D eigenvalue weighted by Crippen LogP contribution is -2.43. The fourth-order valence-corrected chi connectivity index (χ4v) is 2.86. The standard InChI is InChI=1S/C17H21N3/c1-20(12-16-8-4-5-9-18-16)13-17-10-14-6-2-3-7-15(14)11-19-17/h2-9,17,19H,10-13H2,1H3. The van der Waals surface area contributed by atoms with Gasteiger partial charge in [0.05, 0.1) is 5.69 Å². The van der Waals surface area contributed by atoms with Crippen LogP contribution in [0.25, 0.3) is 0 Å². The van der Waals surface area contributed by atoms with Crippen LogP contribution >= 0.6 is 0 Å². The molecule has 1 aliphatic heterocycles. The van der Waals surface area contributed by atoms with Gasteiger partial charge in [0, 0.05) is 31.9 Å². The summed E-state index contributed by atoms with van der Waals surface area (Å²) in [6, 6.07) is 15.3. The number of likely N-dealkylation sites (N-methyl/N-ethyl adjacent to an activating group) is 1. The third-order valence-corrected chi connectivity index (χ3v) is 3.86. The predicted octanol–water partition coefficient (Wildman–Crippen LogP) is 2.23. The number of nitrogens with one attached hydrogen (secondary N) is 1. The van der Waals surface area contributed by atoms with Gasteiger partial charge >= 0.3 is 0 Å². The molecule has 0 fully saturated rings. The predicted molar refractivity (Wildman–Crippen MR) is 81.3 cm³/mol. The van der Waals surface area contributed by atoms with Crippen LogP contribution in [0.15, 0.2) is 48.7 Å². The molecule has 0 saturated carbocycles. The van der Waals surface area contributed by atoms with Gasteiger partial charge in [-0.15, -0.1) is 0 Å². The van der Waals surface area contributed by atoms with Crippen molar-refractivity contribution >= 4 is 0 Å². The minimum absolute atomic E-state index is 0.526. The van der Waals surface area contributed by atoms with Gasteiger partial charge in [-0.05, 0) is 36.7 Å². The van der Waals surface area contributed by atoms with Crippen molar-refractivity contribution in [2.75, 3.05) is 13.6 Å². The molecule has 1 aromatic carbocycles. The zero-order chi connectivity index (χ0) is 13.8. The van der Waals surface area contributed by atoms with Crippen LogP contribution in [-0.4, -0.2) is 29.5 Å². The highest BCUT2D eigenvalue weighted by molar-refractivity contribution is 5.29. The summed E-state index contributed by atoms with van der Waals surface area (Å²) in [7, 11) is 2.16. The van der Waals surface area contributed by atoms with Crippen LogP contribution in [0.3, 0.4) is 0 Å². The first-order valence-electron chi connectivity index (χ1n) is 7.20. The van der Waals surface area contributed by atoms with Gasteiger partial charge in [0.25, 0.3) is 0 Å². The monoisotopic (exact) mass is 267 g/mol. The summed E-state index contributed by atoms with van der Waals surface area (Å²) < 4.78 is 0. The van der Waals surface area contributed by atoms with Crippen LogP contribution in [0.4, 0.5) is 0 Å². The Balaban J connectivity index is 1.57. The number of benzene rings is 1. The molecule has 1 atom stereocenters. The molecule has 1 aromatic heterocycles. The van der Waals surface area contributed by atoms with Crippen LogP contribution in [0.5, 0.6) is 0 Å². The van der Waals surface area contributed by atoms with Crippen molar-refractivity contribution in [3.05, 3.63) is 65.5 Å². The Bertz CT molecular complexity index is 553. The van der Waals surface area contributed by atoms with Crippen molar-refractivity contribution in [2.24, 2.45) is 0 Å². The van der Waals surface area contributed by atoms with Crippen molar-refractivity contribution < 1.29 is 0 Å². The summed E-state index contributed by atoms with van der Waals surface area (Å²) in [4.78, 5) is 6.73. The highest BCUT2D eigenvalue weighted by Gasteiger charge is 2.18. The van der Waals surface area contributed by atoms with E-state index < -0.39 is 0 Å². The van der Waals surface area contributed by atoms with Gasteiger partial charge in [-0.1, -0.05) is 30.3 Å². The fourth-order valence-electron chi connectivity index (χ4n) is 2.86. The van der Waals surface area contributed by atoms with E-state index in [1.807, 2.05) is 18.3 Å². The summed E-state index contributed by atoms with van der Waals surface area (Å²) in [6.45, 7) is 2.93. The van der Waals surface area contributed by atoms with Crippen molar-refractivity contribution in [3.63, 3.8) is 0 Å². The molecule has 3 nitrogen and oxygen atoms in total. The van der Waals surface area contributed by atoms with E-state index in [0.29, 0.717) is 6.04 Å². The molecule has 0 bridgehead atoms. The van der Waals surface area contributed by atoms with Crippen LogP contribution < -0.4 is 5.32 Å². The summed E-state index contributed by atoms with van der Waals surface area (Å²) in [5.74, 6) is 0. The van der Waals surface area contributed by atoms with E-state index in [9.17, 15) is 0 Å². The molecule has 2 aromatic rings. The SMILES string of the molecule is CN(Cc1ccccn1)CC1Cc2ccccc2CN1. The molecule has 20 heavy (non-hydrogen) atoms. The van der Waals surface area contributed by atoms with Crippen molar-refractivity contribution in [1.29, 1.82) is 0 Å². The second-order valence-electron chi connectivity index (χ2n) is 5.57. The van der Waals surface area contributed by atoms with E-state index in [-0.39, 0.29) is 0 Å². The van der Waals surface area contributed by atoms with Gasteiger partial charge in [-0.2, -0.15) is 0 Å². The molecule has 1 unspecified atom stereocenters. The van der Waals surface area contributed by atoms with Crippen LogP contribution in [0.1, 0.15) is 16.8 Å². The highest BCUT2D eigenvalue weighted by atomic mass is 15.1. The molecule has 0 spiro atoms. The maximum atomic E-state index is 4.39. The highest BCUT2D eigenvalue weighted by Crippen LogP contribution is 2.16. The molecule has 0 saturated heterocycles. The Hall–Kier alpha value is -1.71. The smallest absolute Gasteiger partial charge is 0.0543 e. The van der Waals surface area contributed by atoms with Gasteiger partial charge in [-0.25, -0.2) is 0 Å². The first-order chi connectivity index (χ1) is 9.81. The molecule has 0 amide bonds. The second-order valence-corrected chi connectivity index (χ2v) is 5.57. The number of hydrogen-bond donors (Lipinski definition) is 1. The van der Waals surface area contributed by atoms with Gasteiger partial charge in [0.1, 0.15) is 0 Å². The first-order valence-corrected chi connectivity index (χ1v) is 7.20. The molecular weight excluding hydrogens is 246 g/mol. The molecule has 3 rings (SSSR count). The lowest BCUT2D eigenvalue weighted by atomic mass is 9.96. The number of aromatic nitrogens is 1. The Labute approximate surface area is 120 Å². The largest absolute Gasteiger partial charge is 0.308 e. The lowest BCUT2D eigenvalue weighted by molar-refractivity contribution is 0.271. The van der Waals surface area contributed by atoms with Gasteiger partial charge in [-0.3, -0.25) is 9.88 Å². The molecule has 104 valence electrons. The zero-order valence-electron chi connectivity index (χ0n) is 11.9. The van der Waals surface area contributed by atoms with Gasteiger partial charge in [0.15, 0.2) is 0 Å². The molecule has 1 N–H and O–H groups in total. The maximum Gasteiger partial charge on any atom is 0.0543 e. The second kappa shape index (κ2) is 6.16. The summed E-state index contributed by atoms with van der Waals surface area (Å²) in [5.41, 5.74) is 4.06. The normalized spacial score (nSPS) is 18.0. The van der Waals surface area contributed by atoms with Crippen LogP contribution in [-0.2, 0) is 19.5 Å². The van der Waals surface area contributed by atoms with E-state index in [1.54, 1.807) is 0 Å². The van der Waals surface area contributed by atoms with E-state index in [1.165, 1.54) is 11.1 Å². The lowest BCUT2D eigenvalue weighted by Gasteiger charge is -2.29. The number of rotatable bonds is 4. The minimum Gasteiger partial charge on any atom is -0.308 e. The Kier molecular flexibility index (Phi) is 4.09. The van der Waals surface area contributed by atoms with Gasteiger partial charge < -0.3 is 5.32 Å². The molecule has 1 aliphatic rings. The molecule has 0 radical (unpaired) electrons. The first kappa shape index (κ1) is 13.3. The van der Waals surface area contributed by atoms with Gasteiger partial charge in [0.2, 0.25) is 0 Å². The van der Waals surface area contributed by atoms with Crippen LogP contribution in [0.2, 0.25) is 0 Å². The van der Waals surface area contributed by atoms with E-state index in [0.717, 1.165) is 31.7 Å². The number of pyridine rings is 1. The topological polar surface area (TPSA) is 28.2 Å². The Morgan fingerprint density at radius 1 is 1.15 bits per heavy atom. The van der Waals surface area contributed by atoms with E-state index >= 15 is 0 Å². The fraction of sp³-hybridized carbons (Fsp3) is 0.353. The number of nitrogens with zero attached hydrogens (tertiary/aromatic N) is 2. The average molecular weight is 267 g/mol. The Morgan fingerprint density at radius 3 is 2.75 bits per heavy atom. The van der Waals surface area contributed by atoms with Crippen molar-refractivity contribution in [2.45, 2.75) is 25.6 Å². The quantitative estimate of drug-likeness (QED) is 0.920. The van der Waals surface area contributed by atoms with E-state index in [2.05, 4.69) is 52.6 Å². The number of fused-ring (bicyclic) bond motifs is 1. The minimum atomic E-state index is 0.526. The van der Waals surface area contributed by atoms with E-state index in [4.69, 9.17) is 0 Å².